The molecule has 5 rings (SSSR count). The SMILES string of the molecule is NC[C@@H]1CCN(c2cc3c(cc2F)C(=O)N(N)C(O)N3Cc2ccc(-c3ccccc3)cc2)C1. The van der Waals surface area contributed by atoms with Gasteiger partial charge in [-0.3, -0.25) is 4.79 Å². The molecule has 1 fully saturated rings. The number of hydrogen-bond acceptors (Lipinski definition) is 6. The Kier molecular flexibility index (Phi) is 5.95. The number of amides is 1. The van der Waals surface area contributed by atoms with Gasteiger partial charge in [-0.1, -0.05) is 54.6 Å². The largest absolute Gasteiger partial charge is 0.369 e. The maximum Gasteiger partial charge on any atom is 0.273 e. The summed E-state index contributed by atoms with van der Waals surface area (Å²) in [6, 6.07) is 20.9. The number of nitrogens with two attached hydrogens (primary N) is 2. The van der Waals surface area contributed by atoms with Gasteiger partial charge in [0, 0.05) is 19.6 Å². The van der Waals surface area contributed by atoms with Gasteiger partial charge in [0.15, 0.2) is 0 Å². The summed E-state index contributed by atoms with van der Waals surface area (Å²) in [7, 11) is 0. The molecular weight excluding hydrogens is 433 g/mol. The zero-order valence-electron chi connectivity index (χ0n) is 18.8. The molecule has 0 saturated carbocycles. The van der Waals surface area contributed by atoms with Crippen LogP contribution in [0.3, 0.4) is 0 Å². The van der Waals surface area contributed by atoms with Crippen LogP contribution in [0.5, 0.6) is 0 Å². The summed E-state index contributed by atoms with van der Waals surface area (Å²) in [6.07, 6.45) is -0.481. The first-order valence-electron chi connectivity index (χ1n) is 11.4. The van der Waals surface area contributed by atoms with E-state index in [-0.39, 0.29) is 5.56 Å². The van der Waals surface area contributed by atoms with Crippen LogP contribution in [0.4, 0.5) is 15.8 Å². The predicted octanol–water partition coefficient (Wildman–Crippen LogP) is 2.89. The highest BCUT2D eigenvalue weighted by molar-refractivity contribution is 6.02. The fourth-order valence-corrected chi connectivity index (χ4v) is 4.76. The number of hydrazine groups is 1. The van der Waals surface area contributed by atoms with Crippen LogP contribution < -0.4 is 21.4 Å². The zero-order chi connectivity index (χ0) is 23.8. The van der Waals surface area contributed by atoms with Crippen LogP contribution in [-0.4, -0.2) is 42.0 Å². The van der Waals surface area contributed by atoms with Crippen LogP contribution in [0.1, 0.15) is 22.3 Å². The molecule has 3 aromatic rings. The second kappa shape index (κ2) is 9.06. The average molecular weight is 462 g/mol. The fourth-order valence-electron chi connectivity index (χ4n) is 4.76. The predicted molar refractivity (Wildman–Crippen MR) is 130 cm³/mol. The normalized spacial score (nSPS) is 20.1. The van der Waals surface area contributed by atoms with Gasteiger partial charge in [-0.15, -0.1) is 0 Å². The molecule has 3 aromatic carbocycles. The monoisotopic (exact) mass is 461 g/mol. The summed E-state index contributed by atoms with van der Waals surface area (Å²) >= 11 is 0. The van der Waals surface area contributed by atoms with Gasteiger partial charge >= 0.3 is 0 Å². The van der Waals surface area contributed by atoms with E-state index in [1.165, 1.54) is 6.07 Å². The van der Waals surface area contributed by atoms with Crippen molar-refractivity contribution in [1.29, 1.82) is 0 Å². The molecule has 1 amide bonds. The Bertz CT molecular complexity index is 1190. The highest BCUT2D eigenvalue weighted by Gasteiger charge is 2.37. The highest BCUT2D eigenvalue weighted by Crippen LogP contribution is 2.37. The van der Waals surface area contributed by atoms with E-state index in [2.05, 4.69) is 0 Å². The summed E-state index contributed by atoms with van der Waals surface area (Å²) in [5.74, 6) is 5.07. The van der Waals surface area contributed by atoms with Gasteiger partial charge in [-0.25, -0.2) is 15.2 Å². The van der Waals surface area contributed by atoms with E-state index in [1.807, 2.05) is 59.5 Å². The van der Waals surface area contributed by atoms with E-state index >= 15 is 4.39 Å². The van der Waals surface area contributed by atoms with Crippen LogP contribution in [0.25, 0.3) is 11.1 Å². The van der Waals surface area contributed by atoms with E-state index in [0.717, 1.165) is 28.1 Å². The summed E-state index contributed by atoms with van der Waals surface area (Å²) < 4.78 is 15.1. The Morgan fingerprint density at radius 2 is 1.71 bits per heavy atom. The quantitative estimate of drug-likeness (QED) is 0.399. The maximum absolute atomic E-state index is 15.1. The molecule has 1 unspecified atom stereocenters. The number of fused-ring (bicyclic) bond motifs is 1. The summed E-state index contributed by atoms with van der Waals surface area (Å²) in [5, 5.41) is 11.6. The molecule has 0 aliphatic carbocycles. The number of aliphatic hydroxyl groups excluding tert-OH is 1. The van der Waals surface area contributed by atoms with Gasteiger partial charge in [0.1, 0.15) is 5.82 Å². The van der Waals surface area contributed by atoms with E-state index in [9.17, 15) is 9.90 Å². The Morgan fingerprint density at radius 3 is 2.38 bits per heavy atom. The number of aliphatic hydroxyl groups is 1. The molecule has 2 aliphatic rings. The van der Waals surface area contributed by atoms with Gasteiger partial charge in [0.2, 0.25) is 6.35 Å². The van der Waals surface area contributed by atoms with Crippen molar-refractivity contribution in [2.24, 2.45) is 17.5 Å². The van der Waals surface area contributed by atoms with Crippen LogP contribution >= 0.6 is 0 Å². The molecule has 0 aromatic heterocycles. The van der Waals surface area contributed by atoms with Crippen LogP contribution in [0, 0.1) is 11.7 Å². The van der Waals surface area contributed by atoms with Gasteiger partial charge in [0.25, 0.3) is 5.91 Å². The molecule has 2 heterocycles. The summed E-state index contributed by atoms with van der Waals surface area (Å²) in [4.78, 5) is 16.3. The van der Waals surface area contributed by atoms with Crippen molar-refractivity contribution in [3.63, 3.8) is 0 Å². The molecule has 176 valence electrons. The number of benzene rings is 3. The van der Waals surface area contributed by atoms with E-state index in [0.29, 0.717) is 43.5 Å². The lowest BCUT2D eigenvalue weighted by molar-refractivity contribution is 0.0000856. The van der Waals surface area contributed by atoms with Crippen molar-refractivity contribution in [3.8, 4) is 11.1 Å². The Balaban J connectivity index is 1.47. The second-order valence-corrected chi connectivity index (χ2v) is 8.91. The van der Waals surface area contributed by atoms with E-state index < -0.39 is 18.1 Å². The van der Waals surface area contributed by atoms with E-state index in [4.69, 9.17) is 11.6 Å². The molecule has 5 N–H and O–H groups in total. The highest BCUT2D eigenvalue weighted by atomic mass is 19.1. The third kappa shape index (κ3) is 4.00. The molecule has 2 atom stereocenters. The van der Waals surface area contributed by atoms with Crippen LogP contribution in [0.15, 0.2) is 66.7 Å². The topological polar surface area (TPSA) is 99.1 Å². The van der Waals surface area contributed by atoms with Crippen LogP contribution in [-0.2, 0) is 6.54 Å². The van der Waals surface area contributed by atoms with Gasteiger partial charge in [-0.2, -0.15) is 0 Å². The van der Waals surface area contributed by atoms with Gasteiger partial charge in [-0.05, 0) is 47.7 Å². The number of halogens is 1. The zero-order valence-corrected chi connectivity index (χ0v) is 18.8. The van der Waals surface area contributed by atoms with E-state index in [1.54, 1.807) is 11.0 Å². The Labute approximate surface area is 198 Å². The number of carbonyl (C=O) groups excluding carboxylic acids is 1. The maximum atomic E-state index is 15.1. The number of hydrogen-bond donors (Lipinski definition) is 3. The number of rotatable bonds is 5. The molecule has 1 saturated heterocycles. The Morgan fingerprint density at radius 1 is 1.00 bits per heavy atom. The smallest absolute Gasteiger partial charge is 0.273 e. The van der Waals surface area contributed by atoms with Crippen molar-refractivity contribution in [1.82, 2.24) is 5.01 Å². The Hall–Kier alpha value is -3.46. The number of nitrogens with zero attached hydrogens (tertiary/aromatic N) is 3. The first-order chi connectivity index (χ1) is 16.5. The third-order valence-corrected chi connectivity index (χ3v) is 6.74. The van der Waals surface area contributed by atoms with Crippen molar-refractivity contribution in [2.75, 3.05) is 29.4 Å². The molecule has 0 spiro atoms. The fraction of sp³-hybridized carbons (Fsp3) is 0.269. The molecule has 0 radical (unpaired) electrons. The second-order valence-electron chi connectivity index (χ2n) is 8.91. The number of anilines is 2. The summed E-state index contributed by atoms with van der Waals surface area (Å²) in [5.41, 5.74) is 9.90. The molecule has 8 heteroatoms. The standard InChI is InChI=1S/C26H28FN5O2/c27-22-12-21-23(13-24(22)30-11-10-18(14-28)15-30)31(26(34)32(29)25(21)33)16-17-6-8-20(9-7-17)19-4-2-1-3-5-19/h1-9,12-13,18,26,34H,10-11,14-16,28-29H2/t18-,26?/m0/s1. The molecule has 34 heavy (non-hydrogen) atoms. The summed E-state index contributed by atoms with van der Waals surface area (Å²) in [6.45, 7) is 2.19. The first-order valence-corrected chi connectivity index (χ1v) is 11.4. The molecule has 7 nitrogen and oxygen atoms in total. The molecular formula is C26H28FN5O2. The van der Waals surface area contributed by atoms with Gasteiger partial charge < -0.3 is 20.6 Å². The minimum Gasteiger partial charge on any atom is -0.369 e. The number of carbonyl (C=O) groups is 1. The minimum absolute atomic E-state index is 0.129. The lowest BCUT2D eigenvalue weighted by atomic mass is 10.0. The molecule has 2 aliphatic heterocycles. The lowest BCUT2D eigenvalue weighted by Crippen LogP contribution is -2.58. The van der Waals surface area contributed by atoms with Crippen molar-refractivity contribution in [2.45, 2.75) is 19.3 Å². The van der Waals surface area contributed by atoms with Crippen molar-refractivity contribution >= 4 is 17.3 Å². The van der Waals surface area contributed by atoms with Gasteiger partial charge in [0.05, 0.1) is 16.9 Å². The van der Waals surface area contributed by atoms with Crippen molar-refractivity contribution < 1.29 is 14.3 Å². The molecule has 0 bridgehead atoms. The first kappa shape index (κ1) is 22.3. The third-order valence-electron chi connectivity index (χ3n) is 6.74. The lowest BCUT2D eigenvalue weighted by Gasteiger charge is -2.40. The minimum atomic E-state index is -1.37. The average Bonchev–Trinajstić information content (AvgIpc) is 3.35. The van der Waals surface area contributed by atoms with Crippen molar-refractivity contribution in [3.05, 3.63) is 83.7 Å². The van der Waals surface area contributed by atoms with Crippen LogP contribution in [0.2, 0.25) is 0 Å².